The molecular weight excluding hydrogens is 291 g/mol. The van der Waals surface area contributed by atoms with E-state index in [2.05, 4.69) is 5.32 Å². The van der Waals surface area contributed by atoms with Crippen LogP contribution in [0.1, 0.15) is 24.4 Å². The Hall–Kier alpha value is -1.43. The maximum absolute atomic E-state index is 13.9. The summed E-state index contributed by atoms with van der Waals surface area (Å²) in [5.41, 5.74) is 0.743. The van der Waals surface area contributed by atoms with Crippen LogP contribution in [0.15, 0.2) is 18.2 Å². The van der Waals surface area contributed by atoms with Crippen molar-refractivity contribution in [1.29, 1.82) is 0 Å². The summed E-state index contributed by atoms with van der Waals surface area (Å²) in [5, 5.41) is 3.04. The molecule has 1 atom stereocenters. The van der Waals surface area contributed by atoms with Crippen LogP contribution in [-0.4, -0.2) is 42.1 Å². The number of benzene rings is 1. The number of halogens is 1. The zero-order valence-corrected chi connectivity index (χ0v) is 12.6. The molecule has 0 aliphatic carbocycles. The highest BCUT2D eigenvalue weighted by Crippen LogP contribution is 2.33. The Labute approximate surface area is 128 Å². The Morgan fingerprint density at radius 1 is 1.38 bits per heavy atom. The summed E-state index contributed by atoms with van der Waals surface area (Å²) in [6.07, 6.45) is 1.57. The van der Waals surface area contributed by atoms with E-state index in [1.54, 1.807) is 6.07 Å². The van der Waals surface area contributed by atoms with E-state index in [1.165, 1.54) is 6.07 Å². The summed E-state index contributed by atoms with van der Waals surface area (Å²) in [4.78, 5) is 14.2. The molecule has 2 aliphatic rings. The molecule has 2 heterocycles. The van der Waals surface area contributed by atoms with Crippen molar-refractivity contribution in [2.24, 2.45) is 0 Å². The third kappa shape index (κ3) is 3.26. The fraction of sp³-hybridized carbons (Fsp3) is 0.533. The lowest BCUT2D eigenvalue weighted by atomic mass is 10.0. The molecule has 0 unspecified atom stereocenters. The summed E-state index contributed by atoms with van der Waals surface area (Å²) in [5.74, 6) is 1.89. The number of hydrogen-bond acceptors (Lipinski definition) is 3. The smallest absolute Gasteiger partial charge is 0.317 e. The van der Waals surface area contributed by atoms with Crippen LogP contribution in [0.4, 0.5) is 9.18 Å². The average molecular weight is 310 g/mol. The van der Waals surface area contributed by atoms with Gasteiger partial charge in [-0.2, -0.15) is 11.8 Å². The highest BCUT2D eigenvalue weighted by atomic mass is 32.2. The van der Waals surface area contributed by atoms with Gasteiger partial charge in [-0.3, -0.25) is 0 Å². The minimum Gasteiger partial charge on any atom is -0.490 e. The van der Waals surface area contributed by atoms with Crippen LogP contribution >= 0.6 is 11.8 Å². The van der Waals surface area contributed by atoms with Crippen molar-refractivity contribution in [2.45, 2.75) is 18.9 Å². The zero-order chi connectivity index (χ0) is 14.7. The van der Waals surface area contributed by atoms with Crippen LogP contribution in [0.5, 0.6) is 5.75 Å². The molecule has 2 aliphatic heterocycles. The Morgan fingerprint density at radius 3 is 3.00 bits per heavy atom. The summed E-state index contributed by atoms with van der Waals surface area (Å²) in [6.45, 7) is 2.03. The third-order valence-corrected chi connectivity index (χ3v) is 4.79. The normalized spacial score (nSPS) is 22.0. The zero-order valence-electron chi connectivity index (χ0n) is 11.8. The standard InChI is InChI=1S/C15H19FN2O2S/c16-12-4-1-3-11-13(5-2-8-20-14(11)12)17-15(19)18-6-9-21-10-7-18/h1,3-4,13H,2,5-10H2,(H,17,19)/t13-/m1/s1. The summed E-state index contributed by atoms with van der Waals surface area (Å²) >= 11 is 1.86. The molecule has 1 aromatic rings. The minimum atomic E-state index is -0.358. The van der Waals surface area contributed by atoms with Gasteiger partial charge in [0.05, 0.1) is 12.6 Å². The van der Waals surface area contributed by atoms with Gasteiger partial charge < -0.3 is 15.0 Å². The molecule has 0 bridgehead atoms. The molecule has 0 radical (unpaired) electrons. The number of nitrogens with one attached hydrogen (secondary N) is 1. The van der Waals surface area contributed by atoms with Gasteiger partial charge >= 0.3 is 6.03 Å². The highest BCUT2D eigenvalue weighted by molar-refractivity contribution is 7.99. The summed E-state index contributed by atoms with van der Waals surface area (Å²) < 4.78 is 19.4. The molecule has 4 nitrogen and oxygen atoms in total. The lowest BCUT2D eigenvalue weighted by Crippen LogP contribution is -2.45. The minimum absolute atomic E-state index is 0.0580. The first-order chi connectivity index (χ1) is 10.3. The number of urea groups is 1. The number of carbonyl (C=O) groups is 1. The molecule has 114 valence electrons. The van der Waals surface area contributed by atoms with E-state index >= 15 is 0 Å². The molecule has 2 amide bonds. The van der Waals surface area contributed by atoms with Crippen molar-refractivity contribution < 1.29 is 13.9 Å². The molecule has 0 saturated carbocycles. The molecular formula is C15H19FN2O2S. The Morgan fingerprint density at radius 2 is 2.19 bits per heavy atom. The van der Waals surface area contributed by atoms with E-state index in [1.807, 2.05) is 22.7 Å². The maximum Gasteiger partial charge on any atom is 0.317 e. The second kappa shape index (κ2) is 6.56. The van der Waals surface area contributed by atoms with E-state index in [0.717, 1.165) is 43.0 Å². The third-order valence-electron chi connectivity index (χ3n) is 3.85. The molecule has 21 heavy (non-hydrogen) atoms. The summed E-state index contributed by atoms with van der Waals surface area (Å²) in [7, 11) is 0. The lowest BCUT2D eigenvalue weighted by molar-refractivity contribution is 0.198. The predicted octanol–water partition coefficient (Wildman–Crippen LogP) is 2.80. The topological polar surface area (TPSA) is 41.6 Å². The maximum atomic E-state index is 13.9. The van der Waals surface area contributed by atoms with Crippen LogP contribution in [0.2, 0.25) is 0 Å². The number of amides is 2. The first kappa shape index (κ1) is 14.5. The molecule has 3 rings (SSSR count). The number of para-hydroxylation sites is 1. The van der Waals surface area contributed by atoms with E-state index in [9.17, 15) is 9.18 Å². The van der Waals surface area contributed by atoms with Crippen LogP contribution in [0, 0.1) is 5.82 Å². The van der Waals surface area contributed by atoms with Gasteiger partial charge in [-0.25, -0.2) is 9.18 Å². The Kier molecular flexibility index (Phi) is 4.53. The lowest BCUT2D eigenvalue weighted by Gasteiger charge is -2.29. The van der Waals surface area contributed by atoms with Gasteiger partial charge in [0.1, 0.15) is 0 Å². The first-order valence-electron chi connectivity index (χ1n) is 7.30. The van der Waals surface area contributed by atoms with Gasteiger partial charge in [0.15, 0.2) is 11.6 Å². The highest BCUT2D eigenvalue weighted by Gasteiger charge is 2.26. The number of hydrogen-bond donors (Lipinski definition) is 1. The van der Waals surface area contributed by atoms with Crippen molar-refractivity contribution in [1.82, 2.24) is 10.2 Å². The molecule has 1 saturated heterocycles. The number of rotatable bonds is 1. The number of fused-ring (bicyclic) bond motifs is 1. The largest absolute Gasteiger partial charge is 0.490 e. The second-order valence-corrected chi connectivity index (χ2v) is 6.48. The molecule has 1 fully saturated rings. The van der Waals surface area contributed by atoms with Crippen LogP contribution in [-0.2, 0) is 0 Å². The van der Waals surface area contributed by atoms with Gasteiger partial charge in [-0.1, -0.05) is 12.1 Å². The van der Waals surface area contributed by atoms with Gasteiger partial charge in [0, 0.05) is 30.2 Å². The quantitative estimate of drug-likeness (QED) is 0.867. The number of carbonyl (C=O) groups excluding carboxylic acids is 1. The second-order valence-electron chi connectivity index (χ2n) is 5.25. The van der Waals surface area contributed by atoms with Crippen molar-refractivity contribution in [2.75, 3.05) is 31.2 Å². The van der Waals surface area contributed by atoms with E-state index in [-0.39, 0.29) is 23.6 Å². The molecule has 6 heteroatoms. The molecule has 0 aromatic heterocycles. The first-order valence-corrected chi connectivity index (χ1v) is 8.45. The van der Waals surface area contributed by atoms with Crippen molar-refractivity contribution in [3.05, 3.63) is 29.6 Å². The predicted molar refractivity (Wildman–Crippen MR) is 81.3 cm³/mol. The molecule has 1 N–H and O–H groups in total. The Balaban J connectivity index is 1.76. The van der Waals surface area contributed by atoms with Crippen LogP contribution in [0.25, 0.3) is 0 Å². The van der Waals surface area contributed by atoms with Gasteiger partial charge in [0.25, 0.3) is 0 Å². The Bertz CT molecular complexity index is 520. The van der Waals surface area contributed by atoms with Gasteiger partial charge in [0.2, 0.25) is 0 Å². The molecule has 0 spiro atoms. The van der Waals surface area contributed by atoms with Crippen molar-refractivity contribution in [3.63, 3.8) is 0 Å². The van der Waals surface area contributed by atoms with Crippen molar-refractivity contribution >= 4 is 17.8 Å². The van der Waals surface area contributed by atoms with Crippen LogP contribution < -0.4 is 10.1 Å². The van der Waals surface area contributed by atoms with Gasteiger partial charge in [-0.05, 0) is 18.9 Å². The van der Waals surface area contributed by atoms with E-state index in [0.29, 0.717) is 6.61 Å². The number of ether oxygens (including phenoxy) is 1. The van der Waals surface area contributed by atoms with Crippen molar-refractivity contribution in [3.8, 4) is 5.75 Å². The molecule has 1 aromatic carbocycles. The monoisotopic (exact) mass is 310 g/mol. The fourth-order valence-corrected chi connectivity index (χ4v) is 3.63. The van der Waals surface area contributed by atoms with E-state index in [4.69, 9.17) is 4.74 Å². The number of thioether (sulfide) groups is 1. The summed E-state index contributed by atoms with van der Waals surface area (Å²) in [6, 6.07) is 4.66. The number of nitrogens with zero attached hydrogens (tertiary/aromatic N) is 1. The SMILES string of the molecule is O=C(N[C@@H]1CCCOc2c(F)cccc21)N1CCSCC1. The van der Waals surface area contributed by atoms with Crippen LogP contribution in [0.3, 0.4) is 0 Å². The fourth-order valence-electron chi connectivity index (χ4n) is 2.73. The average Bonchev–Trinajstić information content (AvgIpc) is 2.72. The van der Waals surface area contributed by atoms with Gasteiger partial charge in [-0.15, -0.1) is 0 Å². The van der Waals surface area contributed by atoms with E-state index < -0.39 is 0 Å².